The molecule has 1 spiro atoms. The molecule has 1 N–H and O–H groups in total. The van der Waals surface area contributed by atoms with E-state index in [1.54, 1.807) is 13.2 Å². The number of para-hydroxylation sites is 2. The molecule has 5 rings (SSSR count). The lowest BCUT2D eigenvalue weighted by Crippen LogP contribution is -2.51. The summed E-state index contributed by atoms with van der Waals surface area (Å²) in [6.45, 7) is 1.37. The summed E-state index contributed by atoms with van der Waals surface area (Å²) in [4.78, 5) is 14.9. The number of carbonyl (C=O) groups excluding carboxylic acids is 1. The van der Waals surface area contributed by atoms with Crippen molar-refractivity contribution < 1.29 is 14.3 Å². The van der Waals surface area contributed by atoms with Gasteiger partial charge in [-0.2, -0.15) is 5.10 Å². The van der Waals surface area contributed by atoms with Crippen LogP contribution in [0.25, 0.3) is 11.3 Å². The van der Waals surface area contributed by atoms with Gasteiger partial charge < -0.3 is 14.4 Å². The third kappa shape index (κ3) is 3.32. The predicted molar refractivity (Wildman–Crippen MR) is 114 cm³/mol. The van der Waals surface area contributed by atoms with E-state index in [0.29, 0.717) is 24.5 Å². The SMILES string of the molecule is COc1ccccc1-c1cc(C(=O)N2CCC3(CCc4ccccc4O3)CC2)[nH]n1. The van der Waals surface area contributed by atoms with E-state index >= 15 is 0 Å². The largest absolute Gasteiger partial charge is 0.496 e. The minimum absolute atomic E-state index is 0.0188. The number of piperidine rings is 1. The minimum atomic E-state index is -0.151. The highest BCUT2D eigenvalue weighted by molar-refractivity contribution is 5.93. The maximum atomic E-state index is 13.1. The molecule has 0 bridgehead atoms. The van der Waals surface area contributed by atoms with Gasteiger partial charge in [-0.3, -0.25) is 9.89 Å². The number of amides is 1. The normalized spacial score (nSPS) is 17.3. The van der Waals surface area contributed by atoms with E-state index in [0.717, 1.165) is 42.7 Å². The van der Waals surface area contributed by atoms with Crippen molar-refractivity contribution in [1.82, 2.24) is 15.1 Å². The number of ether oxygens (including phenoxy) is 2. The van der Waals surface area contributed by atoms with Crippen LogP contribution in [-0.4, -0.2) is 46.8 Å². The van der Waals surface area contributed by atoms with Crippen LogP contribution in [0.15, 0.2) is 54.6 Å². The van der Waals surface area contributed by atoms with Crippen LogP contribution in [0, 0.1) is 0 Å². The van der Waals surface area contributed by atoms with Crippen LogP contribution in [0.5, 0.6) is 11.5 Å². The van der Waals surface area contributed by atoms with Crippen molar-refractivity contribution in [2.45, 2.75) is 31.3 Å². The number of benzene rings is 2. The molecule has 0 saturated carbocycles. The van der Waals surface area contributed by atoms with Crippen LogP contribution in [0.3, 0.4) is 0 Å². The molecule has 0 unspecified atom stereocenters. The maximum Gasteiger partial charge on any atom is 0.271 e. The number of methoxy groups -OCH3 is 1. The Kier molecular flexibility index (Phi) is 4.69. The molecule has 2 aliphatic rings. The number of aromatic nitrogens is 2. The number of nitrogens with one attached hydrogen (secondary N) is 1. The van der Waals surface area contributed by atoms with Gasteiger partial charge >= 0.3 is 0 Å². The van der Waals surface area contributed by atoms with Gasteiger partial charge in [0.1, 0.15) is 22.8 Å². The Balaban J connectivity index is 1.27. The minimum Gasteiger partial charge on any atom is -0.496 e. The Hall–Kier alpha value is -3.28. The number of hydrogen-bond donors (Lipinski definition) is 1. The molecule has 0 atom stereocenters. The molecule has 2 aromatic carbocycles. The lowest BCUT2D eigenvalue weighted by Gasteiger charge is -2.44. The van der Waals surface area contributed by atoms with Gasteiger partial charge in [-0.15, -0.1) is 0 Å². The number of aryl methyl sites for hydroxylation is 1. The molecule has 1 saturated heterocycles. The molecule has 3 aromatic rings. The van der Waals surface area contributed by atoms with Crippen LogP contribution >= 0.6 is 0 Å². The Morgan fingerprint density at radius 3 is 2.70 bits per heavy atom. The van der Waals surface area contributed by atoms with Gasteiger partial charge in [0.25, 0.3) is 5.91 Å². The first kappa shape index (κ1) is 18.7. The van der Waals surface area contributed by atoms with Crippen molar-refractivity contribution in [2.75, 3.05) is 20.2 Å². The summed E-state index contributed by atoms with van der Waals surface area (Å²) in [6.07, 6.45) is 3.74. The number of aromatic amines is 1. The average molecular weight is 403 g/mol. The van der Waals surface area contributed by atoms with Gasteiger partial charge in [-0.1, -0.05) is 30.3 Å². The lowest BCUT2D eigenvalue weighted by atomic mass is 9.83. The van der Waals surface area contributed by atoms with E-state index in [4.69, 9.17) is 9.47 Å². The highest BCUT2D eigenvalue weighted by atomic mass is 16.5. The second-order valence-corrected chi connectivity index (χ2v) is 8.05. The van der Waals surface area contributed by atoms with Gasteiger partial charge in [-0.25, -0.2) is 0 Å². The van der Waals surface area contributed by atoms with Crippen LogP contribution in [0.4, 0.5) is 0 Å². The van der Waals surface area contributed by atoms with Gasteiger partial charge in [0.15, 0.2) is 0 Å². The summed E-state index contributed by atoms with van der Waals surface area (Å²) < 4.78 is 11.8. The van der Waals surface area contributed by atoms with Gasteiger partial charge in [0.05, 0.1) is 12.8 Å². The first-order valence-corrected chi connectivity index (χ1v) is 10.4. The Morgan fingerprint density at radius 2 is 1.87 bits per heavy atom. The monoisotopic (exact) mass is 403 g/mol. The smallest absolute Gasteiger partial charge is 0.271 e. The molecular formula is C24H25N3O3. The molecule has 2 aliphatic heterocycles. The predicted octanol–water partition coefficient (Wildman–Crippen LogP) is 4.09. The van der Waals surface area contributed by atoms with Crippen molar-refractivity contribution in [2.24, 2.45) is 0 Å². The standard InChI is InChI=1S/C24H25N3O3/c1-29-22-9-5-3-7-18(22)19-16-20(26-25-19)23(28)27-14-12-24(13-15-27)11-10-17-6-2-4-8-21(17)30-24/h2-9,16H,10-15H2,1H3,(H,25,26). The van der Waals surface area contributed by atoms with Gasteiger partial charge in [0, 0.05) is 31.5 Å². The Bertz CT molecular complexity index is 1070. The second-order valence-electron chi connectivity index (χ2n) is 8.05. The zero-order valence-corrected chi connectivity index (χ0v) is 17.1. The van der Waals surface area contributed by atoms with E-state index < -0.39 is 0 Å². The third-order valence-corrected chi connectivity index (χ3v) is 6.30. The van der Waals surface area contributed by atoms with Crippen molar-refractivity contribution in [3.05, 3.63) is 65.9 Å². The first-order chi connectivity index (χ1) is 14.7. The summed E-state index contributed by atoms with van der Waals surface area (Å²) in [6, 6.07) is 17.7. The van der Waals surface area contributed by atoms with E-state index in [-0.39, 0.29) is 11.5 Å². The van der Waals surface area contributed by atoms with E-state index in [1.807, 2.05) is 35.2 Å². The van der Waals surface area contributed by atoms with E-state index in [9.17, 15) is 4.79 Å². The fourth-order valence-corrected chi connectivity index (χ4v) is 4.52. The quantitative estimate of drug-likeness (QED) is 0.715. The van der Waals surface area contributed by atoms with Crippen LogP contribution in [-0.2, 0) is 6.42 Å². The number of H-pyrrole nitrogens is 1. The van der Waals surface area contributed by atoms with E-state index in [2.05, 4.69) is 28.4 Å². The molecule has 3 heterocycles. The van der Waals surface area contributed by atoms with Crippen molar-refractivity contribution >= 4 is 5.91 Å². The second kappa shape index (κ2) is 7.52. The number of nitrogens with zero attached hydrogens (tertiary/aromatic N) is 2. The van der Waals surface area contributed by atoms with Gasteiger partial charge in [-0.05, 0) is 42.7 Å². The molecule has 154 valence electrons. The zero-order valence-electron chi connectivity index (χ0n) is 17.1. The fraction of sp³-hybridized carbons (Fsp3) is 0.333. The van der Waals surface area contributed by atoms with Crippen molar-refractivity contribution in [3.8, 4) is 22.8 Å². The summed E-state index contributed by atoms with van der Waals surface area (Å²) >= 11 is 0. The highest BCUT2D eigenvalue weighted by Gasteiger charge is 2.40. The molecular weight excluding hydrogens is 378 g/mol. The van der Waals surface area contributed by atoms with Gasteiger partial charge in [0.2, 0.25) is 0 Å². The highest BCUT2D eigenvalue weighted by Crippen LogP contribution is 2.39. The molecule has 1 aromatic heterocycles. The fourth-order valence-electron chi connectivity index (χ4n) is 4.52. The molecule has 0 aliphatic carbocycles. The van der Waals surface area contributed by atoms with Crippen molar-refractivity contribution in [3.63, 3.8) is 0 Å². The van der Waals surface area contributed by atoms with Crippen LogP contribution in [0.1, 0.15) is 35.3 Å². The summed E-state index contributed by atoms with van der Waals surface area (Å²) in [5.41, 5.74) is 3.20. The number of likely N-dealkylation sites (tertiary alicyclic amines) is 1. The first-order valence-electron chi connectivity index (χ1n) is 10.4. The molecule has 1 fully saturated rings. The maximum absolute atomic E-state index is 13.1. The van der Waals surface area contributed by atoms with Crippen molar-refractivity contribution in [1.29, 1.82) is 0 Å². The molecule has 1 amide bonds. The van der Waals surface area contributed by atoms with E-state index in [1.165, 1.54) is 5.56 Å². The number of rotatable bonds is 3. The molecule has 6 nitrogen and oxygen atoms in total. The number of carbonyl (C=O) groups is 1. The zero-order chi connectivity index (χ0) is 20.6. The summed E-state index contributed by atoms with van der Waals surface area (Å²) in [5, 5.41) is 7.25. The summed E-state index contributed by atoms with van der Waals surface area (Å²) in [7, 11) is 1.63. The molecule has 0 radical (unpaired) electrons. The third-order valence-electron chi connectivity index (χ3n) is 6.30. The average Bonchev–Trinajstić information content (AvgIpc) is 3.29. The topological polar surface area (TPSA) is 67.4 Å². The number of fused-ring (bicyclic) bond motifs is 1. The summed E-state index contributed by atoms with van der Waals surface area (Å²) in [5.74, 6) is 1.71. The lowest BCUT2D eigenvalue weighted by molar-refractivity contribution is -0.0108. The molecule has 6 heteroatoms. The van der Waals surface area contributed by atoms with Crippen LogP contribution in [0.2, 0.25) is 0 Å². The number of hydrogen-bond acceptors (Lipinski definition) is 4. The Morgan fingerprint density at radius 1 is 1.10 bits per heavy atom. The van der Waals surface area contributed by atoms with Crippen LogP contribution < -0.4 is 9.47 Å². The Labute approximate surface area is 175 Å². The molecule has 30 heavy (non-hydrogen) atoms.